The fourth-order valence-corrected chi connectivity index (χ4v) is 1.82. The van der Waals surface area contributed by atoms with Gasteiger partial charge in [-0.3, -0.25) is 5.43 Å². The van der Waals surface area contributed by atoms with Crippen LogP contribution in [0.2, 0.25) is 0 Å². The van der Waals surface area contributed by atoms with Crippen molar-refractivity contribution in [1.82, 2.24) is 19.9 Å². The standard InChI is InChI=1S/C11H21N7O/c1-8(2)19-11-14-9(16-12)13-10(15-11)18-6-4-17(3)5-7-18/h8H,4-7,12H2,1-3H3,(H,13,14,15,16). The van der Waals surface area contributed by atoms with Gasteiger partial charge in [-0.05, 0) is 20.9 Å². The quantitative estimate of drug-likeness (QED) is 0.567. The topological polar surface area (TPSA) is 92.4 Å². The summed E-state index contributed by atoms with van der Waals surface area (Å²) in [5.41, 5.74) is 2.45. The van der Waals surface area contributed by atoms with Gasteiger partial charge in [-0.15, -0.1) is 0 Å². The van der Waals surface area contributed by atoms with Gasteiger partial charge >= 0.3 is 6.01 Å². The van der Waals surface area contributed by atoms with E-state index in [9.17, 15) is 0 Å². The summed E-state index contributed by atoms with van der Waals surface area (Å²) in [6.45, 7) is 7.58. The monoisotopic (exact) mass is 267 g/mol. The van der Waals surface area contributed by atoms with E-state index in [2.05, 4.69) is 37.2 Å². The van der Waals surface area contributed by atoms with Crippen LogP contribution in [-0.2, 0) is 0 Å². The van der Waals surface area contributed by atoms with Crippen LogP contribution in [0.25, 0.3) is 0 Å². The second-order valence-corrected chi connectivity index (χ2v) is 4.84. The number of anilines is 2. The summed E-state index contributed by atoms with van der Waals surface area (Å²) in [4.78, 5) is 17.1. The molecule has 106 valence electrons. The third-order valence-electron chi connectivity index (χ3n) is 2.86. The Morgan fingerprint density at radius 1 is 1.16 bits per heavy atom. The highest BCUT2D eigenvalue weighted by Gasteiger charge is 2.19. The SMILES string of the molecule is CC(C)Oc1nc(NN)nc(N2CCN(C)CC2)n1. The molecule has 8 heteroatoms. The summed E-state index contributed by atoms with van der Waals surface area (Å²) in [5, 5.41) is 0. The molecule has 8 nitrogen and oxygen atoms in total. The van der Waals surface area contributed by atoms with E-state index in [4.69, 9.17) is 10.6 Å². The minimum Gasteiger partial charge on any atom is -0.461 e. The molecule has 0 saturated carbocycles. The van der Waals surface area contributed by atoms with Crippen LogP contribution in [0.5, 0.6) is 6.01 Å². The van der Waals surface area contributed by atoms with Crippen LogP contribution in [-0.4, -0.2) is 59.2 Å². The highest BCUT2D eigenvalue weighted by Crippen LogP contribution is 2.16. The first-order valence-corrected chi connectivity index (χ1v) is 6.41. The summed E-state index contributed by atoms with van der Waals surface area (Å²) < 4.78 is 5.51. The molecule has 19 heavy (non-hydrogen) atoms. The molecule has 1 aromatic rings. The van der Waals surface area contributed by atoms with Crippen LogP contribution in [0.15, 0.2) is 0 Å². The number of nitrogens with zero attached hydrogens (tertiary/aromatic N) is 5. The Labute approximate surface area is 112 Å². The number of piperazine rings is 1. The number of nitrogens with two attached hydrogens (primary N) is 1. The predicted molar refractivity (Wildman–Crippen MR) is 73.1 cm³/mol. The fourth-order valence-electron chi connectivity index (χ4n) is 1.82. The minimum absolute atomic E-state index is 0.00774. The van der Waals surface area contributed by atoms with E-state index in [1.165, 1.54) is 0 Å². The van der Waals surface area contributed by atoms with Crippen molar-refractivity contribution in [2.75, 3.05) is 43.6 Å². The molecule has 0 aliphatic carbocycles. The summed E-state index contributed by atoms with van der Waals surface area (Å²) in [6, 6.07) is 0.298. The van der Waals surface area contributed by atoms with Crippen molar-refractivity contribution in [1.29, 1.82) is 0 Å². The number of aromatic nitrogens is 3. The third kappa shape index (κ3) is 3.65. The van der Waals surface area contributed by atoms with Gasteiger partial charge in [0, 0.05) is 26.2 Å². The molecular formula is C11H21N7O. The molecule has 0 atom stereocenters. The van der Waals surface area contributed by atoms with Gasteiger partial charge in [0.15, 0.2) is 0 Å². The lowest BCUT2D eigenvalue weighted by Crippen LogP contribution is -2.45. The molecule has 0 spiro atoms. The molecule has 1 saturated heterocycles. The fraction of sp³-hybridized carbons (Fsp3) is 0.727. The van der Waals surface area contributed by atoms with Gasteiger partial charge < -0.3 is 14.5 Å². The zero-order chi connectivity index (χ0) is 13.8. The molecular weight excluding hydrogens is 246 g/mol. The lowest BCUT2D eigenvalue weighted by molar-refractivity contribution is 0.221. The molecule has 0 unspecified atom stereocenters. The molecule has 0 amide bonds. The maximum Gasteiger partial charge on any atom is 0.323 e. The maximum atomic E-state index is 5.51. The molecule has 0 aromatic carbocycles. The van der Waals surface area contributed by atoms with E-state index in [-0.39, 0.29) is 6.10 Å². The molecule has 1 aliphatic rings. The van der Waals surface area contributed by atoms with Gasteiger partial charge in [-0.1, -0.05) is 0 Å². The number of hydrogen-bond donors (Lipinski definition) is 2. The van der Waals surface area contributed by atoms with Crippen LogP contribution >= 0.6 is 0 Å². The van der Waals surface area contributed by atoms with Crippen molar-refractivity contribution in [2.24, 2.45) is 5.84 Å². The number of hydrogen-bond acceptors (Lipinski definition) is 8. The van der Waals surface area contributed by atoms with E-state index < -0.39 is 0 Å². The zero-order valence-electron chi connectivity index (χ0n) is 11.6. The number of nitrogen functional groups attached to an aromatic ring is 1. The highest BCUT2D eigenvalue weighted by atomic mass is 16.5. The van der Waals surface area contributed by atoms with E-state index >= 15 is 0 Å². The summed E-state index contributed by atoms with van der Waals surface area (Å²) in [6.07, 6.45) is 0.00774. The number of ether oxygens (including phenoxy) is 1. The number of rotatable bonds is 4. The minimum atomic E-state index is 0.00774. The molecule has 0 bridgehead atoms. The van der Waals surface area contributed by atoms with E-state index in [0.29, 0.717) is 17.9 Å². The van der Waals surface area contributed by atoms with Crippen LogP contribution in [0.4, 0.5) is 11.9 Å². The Morgan fingerprint density at radius 3 is 2.42 bits per heavy atom. The Hall–Kier alpha value is -1.67. The summed E-state index contributed by atoms with van der Waals surface area (Å²) in [5.74, 6) is 6.31. The first-order chi connectivity index (χ1) is 9.08. The molecule has 1 fully saturated rings. The van der Waals surface area contributed by atoms with Gasteiger partial charge in [-0.2, -0.15) is 15.0 Å². The second kappa shape index (κ2) is 5.98. The average Bonchev–Trinajstić information content (AvgIpc) is 2.38. The lowest BCUT2D eigenvalue weighted by atomic mass is 10.3. The smallest absolute Gasteiger partial charge is 0.323 e. The molecule has 1 aliphatic heterocycles. The molecule has 2 heterocycles. The van der Waals surface area contributed by atoms with Crippen molar-refractivity contribution >= 4 is 11.9 Å². The van der Waals surface area contributed by atoms with E-state index in [0.717, 1.165) is 26.2 Å². The van der Waals surface area contributed by atoms with Crippen molar-refractivity contribution in [3.63, 3.8) is 0 Å². The first-order valence-electron chi connectivity index (χ1n) is 6.41. The normalized spacial score (nSPS) is 16.8. The Balaban J connectivity index is 2.18. The highest BCUT2D eigenvalue weighted by molar-refractivity contribution is 5.38. The third-order valence-corrected chi connectivity index (χ3v) is 2.86. The van der Waals surface area contributed by atoms with Crippen molar-refractivity contribution in [2.45, 2.75) is 20.0 Å². The van der Waals surface area contributed by atoms with Gasteiger partial charge in [0.1, 0.15) is 0 Å². The van der Waals surface area contributed by atoms with Crippen molar-refractivity contribution < 1.29 is 4.74 Å². The van der Waals surface area contributed by atoms with E-state index in [1.54, 1.807) is 0 Å². The number of nitrogens with one attached hydrogen (secondary N) is 1. The zero-order valence-corrected chi connectivity index (χ0v) is 11.6. The van der Waals surface area contributed by atoms with Crippen LogP contribution in [0, 0.1) is 0 Å². The summed E-state index contributed by atoms with van der Waals surface area (Å²) in [7, 11) is 2.10. The van der Waals surface area contributed by atoms with Crippen LogP contribution in [0.1, 0.15) is 13.8 Å². The van der Waals surface area contributed by atoms with Crippen LogP contribution < -0.4 is 20.9 Å². The molecule has 3 N–H and O–H groups in total. The maximum absolute atomic E-state index is 5.51. The Morgan fingerprint density at radius 2 is 1.84 bits per heavy atom. The Bertz CT molecular complexity index is 418. The summed E-state index contributed by atoms with van der Waals surface area (Å²) >= 11 is 0. The molecule has 2 rings (SSSR count). The van der Waals surface area contributed by atoms with Crippen molar-refractivity contribution in [3.05, 3.63) is 0 Å². The molecule has 0 radical (unpaired) electrons. The second-order valence-electron chi connectivity index (χ2n) is 4.84. The largest absolute Gasteiger partial charge is 0.461 e. The van der Waals surface area contributed by atoms with Crippen LogP contribution in [0.3, 0.4) is 0 Å². The van der Waals surface area contributed by atoms with Gasteiger partial charge in [-0.25, -0.2) is 5.84 Å². The van der Waals surface area contributed by atoms with Crippen molar-refractivity contribution in [3.8, 4) is 6.01 Å². The molecule has 1 aromatic heterocycles. The lowest BCUT2D eigenvalue weighted by Gasteiger charge is -2.32. The van der Waals surface area contributed by atoms with Gasteiger partial charge in [0.05, 0.1) is 6.10 Å². The predicted octanol–water partition coefficient (Wildman–Crippen LogP) is -0.304. The number of likely N-dealkylation sites (N-methyl/N-ethyl adjacent to an activating group) is 1. The Kier molecular flexibility index (Phi) is 4.33. The first kappa shape index (κ1) is 13.8. The number of hydrazine groups is 1. The average molecular weight is 267 g/mol. The van der Waals surface area contributed by atoms with Gasteiger partial charge in [0.2, 0.25) is 11.9 Å². The van der Waals surface area contributed by atoms with Gasteiger partial charge in [0.25, 0.3) is 0 Å². The van der Waals surface area contributed by atoms with E-state index in [1.807, 2.05) is 13.8 Å².